The molecule has 0 saturated carbocycles. The molecule has 0 saturated heterocycles. The lowest BCUT2D eigenvalue weighted by Crippen LogP contribution is -2.33. The van der Waals surface area contributed by atoms with Crippen LogP contribution in [0.25, 0.3) is 10.8 Å². The molecular formula is C23H24F3N5O. The number of hydrogen-bond donors (Lipinski definition) is 2. The number of halogens is 3. The van der Waals surface area contributed by atoms with Crippen LogP contribution in [0.15, 0.2) is 30.3 Å². The first-order valence-corrected chi connectivity index (χ1v) is 10.1. The Hall–Kier alpha value is -3.36. The highest BCUT2D eigenvalue weighted by atomic mass is 19.4. The largest absolute Gasteiger partial charge is 0.416 e. The van der Waals surface area contributed by atoms with E-state index < -0.39 is 23.2 Å². The molecule has 3 aromatic rings. The van der Waals surface area contributed by atoms with Gasteiger partial charge in [-0.05, 0) is 69.2 Å². The number of hydrogen-bond acceptors (Lipinski definition) is 5. The second-order valence-electron chi connectivity index (χ2n) is 8.79. The van der Waals surface area contributed by atoms with Crippen molar-refractivity contribution in [3.05, 3.63) is 52.7 Å². The second kappa shape index (κ2) is 7.08. The van der Waals surface area contributed by atoms with Crippen molar-refractivity contribution in [2.45, 2.75) is 45.3 Å². The quantitative estimate of drug-likeness (QED) is 0.559. The van der Waals surface area contributed by atoms with E-state index in [4.69, 9.17) is 5.73 Å². The van der Waals surface area contributed by atoms with E-state index in [0.29, 0.717) is 17.1 Å². The van der Waals surface area contributed by atoms with Gasteiger partial charge < -0.3 is 16.0 Å². The summed E-state index contributed by atoms with van der Waals surface area (Å²) in [5, 5.41) is 13.2. The van der Waals surface area contributed by atoms with Gasteiger partial charge in [-0.1, -0.05) is 0 Å². The van der Waals surface area contributed by atoms with Crippen LogP contribution in [0.5, 0.6) is 0 Å². The number of anilines is 3. The van der Waals surface area contributed by atoms with E-state index in [-0.39, 0.29) is 11.6 Å². The average molecular weight is 443 g/mol. The fraction of sp³-hybridized carbons (Fsp3) is 0.348. The number of aromatic nitrogens is 2. The lowest BCUT2D eigenvalue weighted by molar-refractivity contribution is -0.137. The maximum atomic E-state index is 13.2. The maximum Gasteiger partial charge on any atom is 0.416 e. The van der Waals surface area contributed by atoms with Crippen LogP contribution >= 0.6 is 0 Å². The minimum Gasteiger partial charge on any atom is -0.399 e. The van der Waals surface area contributed by atoms with Crippen LogP contribution in [0.4, 0.5) is 30.4 Å². The predicted molar refractivity (Wildman–Crippen MR) is 119 cm³/mol. The predicted octanol–water partition coefficient (Wildman–Crippen LogP) is 4.97. The van der Waals surface area contributed by atoms with Gasteiger partial charge in [0.05, 0.1) is 22.7 Å². The lowest BCUT2D eigenvalue weighted by atomic mass is 9.85. The Morgan fingerprint density at radius 3 is 2.44 bits per heavy atom. The lowest BCUT2D eigenvalue weighted by Gasteiger charge is -2.20. The van der Waals surface area contributed by atoms with Crippen molar-refractivity contribution in [3.63, 3.8) is 0 Å². The first-order valence-electron chi connectivity index (χ1n) is 10.1. The van der Waals surface area contributed by atoms with Gasteiger partial charge in [0.2, 0.25) is 5.91 Å². The topological polar surface area (TPSA) is 84.1 Å². The minimum atomic E-state index is -4.50. The van der Waals surface area contributed by atoms with Crippen molar-refractivity contribution in [1.82, 2.24) is 10.2 Å². The Kier molecular flexibility index (Phi) is 4.84. The summed E-state index contributed by atoms with van der Waals surface area (Å²) in [6.07, 6.45) is -4.50. The van der Waals surface area contributed by atoms with Crippen LogP contribution in [0.1, 0.15) is 49.2 Å². The number of nitrogens with one attached hydrogen (secondary N) is 1. The first-order chi connectivity index (χ1) is 14.8. The highest BCUT2D eigenvalue weighted by Gasteiger charge is 2.42. The number of carbonyl (C=O) groups excluding carboxylic acids is 1. The molecule has 0 spiro atoms. The number of aryl methyl sites for hydroxylation is 1. The molecule has 1 aliphatic heterocycles. The first kappa shape index (κ1) is 21.9. The van der Waals surface area contributed by atoms with Crippen molar-refractivity contribution in [2.75, 3.05) is 23.0 Å². The molecule has 2 heterocycles. The van der Waals surface area contributed by atoms with Gasteiger partial charge in [-0.3, -0.25) is 4.79 Å². The fourth-order valence-electron chi connectivity index (χ4n) is 4.22. The molecular weight excluding hydrogens is 419 g/mol. The van der Waals surface area contributed by atoms with Crippen LogP contribution in [-0.2, 0) is 16.4 Å². The van der Waals surface area contributed by atoms with Gasteiger partial charge in [-0.15, -0.1) is 5.10 Å². The molecule has 1 unspecified atom stereocenters. The minimum absolute atomic E-state index is 0.0105. The van der Waals surface area contributed by atoms with Gasteiger partial charge in [0.25, 0.3) is 0 Å². The molecule has 0 aliphatic carbocycles. The van der Waals surface area contributed by atoms with E-state index in [1.54, 1.807) is 18.9 Å². The Morgan fingerprint density at radius 1 is 1.09 bits per heavy atom. The van der Waals surface area contributed by atoms with Gasteiger partial charge >= 0.3 is 6.18 Å². The molecule has 4 rings (SSSR count). The summed E-state index contributed by atoms with van der Waals surface area (Å²) in [7, 11) is 1.73. The van der Waals surface area contributed by atoms with E-state index >= 15 is 0 Å². The molecule has 2 aromatic carbocycles. The normalized spacial score (nSPS) is 16.4. The highest BCUT2D eigenvalue weighted by molar-refractivity contribution is 6.10. The zero-order chi connectivity index (χ0) is 23.6. The number of nitrogen functional groups attached to an aromatic ring is 1. The summed E-state index contributed by atoms with van der Waals surface area (Å²) in [5.74, 6) is 0.408. The molecule has 1 amide bonds. The molecule has 168 valence electrons. The Balaban J connectivity index is 1.79. The van der Waals surface area contributed by atoms with Gasteiger partial charge in [0.1, 0.15) is 0 Å². The van der Waals surface area contributed by atoms with E-state index in [2.05, 4.69) is 15.5 Å². The molecule has 32 heavy (non-hydrogen) atoms. The molecule has 9 heteroatoms. The summed E-state index contributed by atoms with van der Waals surface area (Å²) in [6, 6.07) is 6.80. The summed E-state index contributed by atoms with van der Waals surface area (Å²) in [4.78, 5) is 14.3. The smallest absolute Gasteiger partial charge is 0.399 e. The van der Waals surface area contributed by atoms with Crippen LogP contribution in [0.3, 0.4) is 0 Å². The van der Waals surface area contributed by atoms with Crippen molar-refractivity contribution in [2.24, 2.45) is 0 Å². The van der Waals surface area contributed by atoms with E-state index in [1.165, 1.54) is 6.07 Å². The molecule has 1 aliphatic rings. The Bertz CT molecular complexity index is 1250. The standard InChI is InChI=1S/C23H24F3N5O/c1-11(13-6-14(23(24,25)26)8-15(27)7-13)28-20-17-10-19-18(9-16(17)12(2)29-30-20)22(3,4)21(32)31(19)5/h6-11H,27H2,1-5H3,(H,28,30). The van der Waals surface area contributed by atoms with E-state index in [9.17, 15) is 18.0 Å². The molecule has 6 nitrogen and oxygen atoms in total. The SMILES string of the molecule is Cc1nnc(NC(C)c2cc(N)cc(C(F)(F)F)c2)c2cc3c(cc12)C(C)(C)C(=O)N3C. The third-order valence-corrected chi connectivity index (χ3v) is 6.11. The molecule has 0 radical (unpaired) electrons. The fourth-order valence-corrected chi connectivity index (χ4v) is 4.22. The van der Waals surface area contributed by atoms with E-state index in [1.807, 2.05) is 32.9 Å². The number of nitrogens with zero attached hydrogens (tertiary/aromatic N) is 3. The number of alkyl halides is 3. The van der Waals surface area contributed by atoms with Crippen LogP contribution in [0, 0.1) is 6.92 Å². The van der Waals surface area contributed by atoms with Gasteiger partial charge in [-0.2, -0.15) is 18.3 Å². The molecule has 1 atom stereocenters. The monoisotopic (exact) mass is 443 g/mol. The summed E-state index contributed by atoms with van der Waals surface area (Å²) >= 11 is 0. The summed E-state index contributed by atoms with van der Waals surface area (Å²) in [6.45, 7) is 7.32. The summed E-state index contributed by atoms with van der Waals surface area (Å²) in [5.41, 5.74) is 7.04. The van der Waals surface area contributed by atoms with Gasteiger partial charge in [-0.25, -0.2) is 0 Å². The highest BCUT2D eigenvalue weighted by Crippen LogP contribution is 2.44. The number of fused-ring (bicyclic) bond motifs is 2. The second-order valence-corrected chi connectivity index (χ2v) is 8.79. The van der Waals surface area contributed by atoms with Gasteiger partial charge in [0, 0.05) is 29.2 Å². The number of carbonyl (C=O) groups is 1. The van der Waals surface area contributed by atoms with Crippen molar-refractivity contribution < 1.29 is 18.0 Å². The van der Waals surface area contributed by atoms with Crippen molar-refractivity contribution in [1.29, 1.82) is 0 Å². The third-order valence-electron chi connectivity index (χ3n) is 6.11. The Labute approximate surface area is 183 Å². The molecule has 1 aromatic heterocycles. The Morgan fingerprint density at radius 2 is 1.78 bits per heavy atom. The van der Waals surface area contributed by atoms with Crippen molar-refractivity contribution >= 4 is 33.9 Å². The van der Waals surface area contributed by atoms with E-state index in [0.717, 1.165) is 34.2 Å². The van der Waals surface area contributed by atoms with Crippen LogP contribution < -0.4 is 16.0 Å². The number of rotatable bonds is 3. The van der Waals surface area contributed by atoms with Crippen LogP contribution in [0.2, 0.25) is 0 Å². The zero-order valence-corrected chi connectivity index (χ0v) is 18.4. The maximum absolute atomic E-state index is 13.2. The number of likely N-dealkylation sites (N-methyl/N-ethyl adjacent to an activating group) is 1. The molecule has 3 N–H and O–H groups in total. The molecule has 0 fully saturated rings. The number of amides is 1. The third kappa shape index (κ3) is 3.41. The molecule has 0 bridgehead atoms. The number of nitrogens with two attached hydrogens (primary N) is 1. The number of benzene rings is 2. The zero-order valence-electron chi connectivity index (χ0n) is 18.4. The average Bonchev–Trinajstić information content (AvgIpc) is 2.88. The summed E-state index contributed by atoms with van der Waals surface area (Å²) < 4.78 is 39.7. The van der Waals surface area contributed by atoms with Crippen LogP contribution in [-0.4, -0.2) is 23.2 Å². The van der Waals surface area contributed by atoms with Crippen molar-refractivity contribution in [3.8, 4) is 0 Å². The van der Waals surface area contributed by atoms with Gasteiger partial charge in [0.15, 0.2) is 5.82 Å².